The molecule has 2 amide bonds. The zero-order valence-corrected chi connectivity index (χ0v) is 15.9. The Morgan fingerprint density at radius 1 is 1.19 bits per heavy atom. The number of thioether (sulfide) groups is 1. The highest BCUT2D eigenvalue weighted by Crippen LogP contribution is 2.31. The van der Waals surface area contributed by atoms with Crippen molar-refractivity contribution < 1.29 is 14.3 Å². The van der Waals surface area contributed by atoms with Crippen molar-refractivity contribution in [1.82, 2.24) is 10.4 Å². The van der Waals surface area contributed by atoms with E-state index in [0.29, 0.717) is 17.1 Å². The van der Waals surface area contributed by atoms with E-state index in [9.17, 15) is 9.59 Å². The molecule has 1 aliphatic heterocycles. The quantitative estimate of drug-likeness (QED) is 0.457. The van der Waals surface area contributed by atoms with Gasteiger partial charge in [0.2, 0.25) is 0 Å². The van der Waals surface area contributed by atoms with Gasteiger partial charge in [-0.05, 0) is 48.1 Å². The molecule has 3 rings (SSSR count). The van der Waals surface area contributed by atoms with Gasteiger partial charge < -0.3 is 4.74 Å². The first-order chi connectivity index (χ1) is 13.1. The highest BCUT2D eigenvalue weighted by atomic mass is 32.2. The molecule has 0 unspecified atom stereocenters. The maximum absolute atomic E-state index is 12.6. The first kappa shape index (κ1) is 18.9. The summed E-state index contributed by atoms with van der Waals surface area (Å²) in [6.07, 6.45) is 3.40. The highest BCUT2D eigenvalue weighted by Gasteiger charge is 2.33. The van der Waals surface area contributed by atoms with Crippen LogP contribution in [0, 0.1) is 0 Å². The van der Waals surface area contributed by atoms with Gasteiger partial charge in [-0.3, -0.25) is 15.0 Å². The Morgan fingerprint density at radius 2 is 1.89 bits per heavy atom. The van der Waals surface area contributed by atoms with E-state index in [1.54, 1.807) is 36.4 Å². The van der Waals surface area contributed by atoms with Crippen molar-refractivity contribution in [1.29, 1.82) is 0 Å². The highest BCUT2D eigenvalue weighted by molar-refractivity contribution is 8.26. The van der Waals surface area contributed by atoms with Gasteiger partial charge in [0.1, 0.15) is 12.4 Å². The fraction of sp³-hybridized carbons (Fsp3) is 0.0500. The van der Waals surface area contributed by atoms with E-state index >= 15 is 0 Å². The van der Waals surface area contributed by atoms with Gasteiger partial charge in [-0.2, -0.15) is 5.01 Å². The predicted octanol–water partition coefficient (Wildman–Crippen LogP) is 3.80. The Labute approximate surface area is 166 Å². The molecule has 0 spiro atoms. The molecule has 27 heavy (non-hydrogen) atoms. The average molecular weight is 396 g/mol. The Morgan fingerprint density at radius 3 is 2.56 bits per heavy atom. The summed E-state index contributed by atoms with van der Waals surface area (Å²) in [5.41, 5.74) is 3.83. The third-order valence-corrected chi connectivity index (χ3v) is 4.89. The summed E-state index contributed by atoms with van der Waals surface area (Å²) in [4.78, 5) is 25.3. The second-order valence-electron chi connectivity index (χ2n) is 5.49. The van der Waals surface area contributed by atoms with E-state index in [4.69, 9.17) is 17.0 Å². The zero-order chi connectivity index (χ0) is 19.2. The summed E-state index contributed by atoms with van der Waals surface area (Å²) in [5.74, 6) is -0.0344. The van der Waals surface area contributed by atoms with E-state index in [0.717, 1.165) is 28.1 Å². The molecule has 1 heterocycles. The van der Waals surface area contributed by atoms with Crippen LogP contribution in [0.1, 0.15) is 15.9 Å². The van der Waals surface area contributed by atoms with Crippen LogP contribution >= 0.6 is 24.0 Å². The topological polar surface area (TPSA) is 58.6 Å². The van der Waals surface area contributed by atoms with Gasteiger partial charge in [-0.15, -0.1) is 0 Å². The number of nitrogens with zero attached hydrogens (tertiary/aromatic N) is 1. The minimum absolute atomic E-state index is 0.279. The molecule has 0 bridgehead atoms. The largest absolute Gasteiger partial charge is 0.490 e. The Kier molecular flexibility index (Phi) is 6.05. The molecule has 136 valence electrons. The van der Waals surface area contributed by atoms with E-state index in [1.165, 1.54) is 0 Å². The number of carbonyl (C=O) groups is 2. The molecule has 0 aromatic heterocycles. The molecule has 0 atom stereocenters. The molecular weight excluding hydrogens is 380 g/mol. The minimum Gasteiger partial charge on any atom is -0.490 e. The summed E-state index contributed by atoms with van der Waals surface area (Å²) in [6, 6.07) is 16.0. The third kappa shape index (κ3) is 4.64. The third-order valence-electron chi connectivity index (χ3n) is 3.59. The van der Waals surface area contributed by atoms with Crippen molar-refractivity contribution in [2.24, 2.45) is 0 Å². The van der Waals surface area contributed by atoms with Crippen molar-refractivity contribution in [3.8, 4) is 5.75 Å². The second-order valence-corrected chi connectivity index (χ2v) is 7.17. The van der Waals surface area contributed by atoms with Crippen molar-refractivity contribution in [2.75, 3.05) is 6.61 Å². The molecular formula is C20H16N2O3S2. The van der Waals surface area contributed by atoms with Crippen LogP contribution in [-0.2, 0) is 4.79 Å². The van der Waals surface area contributed by atoms with Crippen LogP contribution in [0.15, 0.2) is 72.2 Å². The van der Waals surface area contributed by atoms with Gasteiger partial charge in [0, 0.05) is 5.56 Å². The Bertz CT molecular complexity index is 909. The smallest absolute Gasteiger partial charge is 0.285 e. The fourth-order valence-electron chi connectivity index (χ4n) is 2.29. The van der Waals surface area contributed by atoms with Gasteiger partial charge >= 0.3 is 0 Å². The number of amides is 2. The first-order valence-corrected chi connectivity index (χ1v) is 9.28. The molecule has 5 nitrogen and oxygen atoms in total. The molecule has 2 aromatic carbocycles. The van der Waals surface area contributed by atoms with Crippen molar-refractivity contribution in [3.63, 3.8) is 0 Å². The summed E-state index contributed by atoms with van der Waals surface area (Å²) in [7, 11) is 0. The van der Waals surface area contributed by atoms with Gasteiger partial charge in [-0.1, -0.05) is 54.7 Å². The van der Waals surface area contributed by atoms with Crippen molar-refractivity contribution in [3.05, 3.63) is 83.3 Å². The number of ether oxygens (including phenoxy) is 1. The van der Waals surface area contributed by atoms with Crippen LogP contribution in [0.2, 0.25) is 0 Å². The predicted molar refractivity (Wildman–Crippen MR) is 111 cm³/mol. The lowest BCUT2D eigenvalue weighted by molar-refractivity contribution is -0.123. The molecule has 7 heteroatoms. The molecule has 0 radical (unpaired) electrons. The molecule has 1 aliphatic rings. The first-order valence-electron chi connectivity index (χ1n) is 8.06. The van der Waals surface area contributed by atoms with Crippen LogP contribution in [0.5, 0.6) is 5.75 Å². The zero-order valence-electron chi connectivity index (χ0n) is 14.3. The van der Waals surface area contributed by atoms with Gasteiger partial charge in [0.25, 0.3) is 11.8 Å². The monoisotopic (exact) mass is 396 g/mol. The molecule has 2 aromatic rings. The van der Waals surface area contributed by atoms with E-state index in [1.807, 2.05) is 30.3 Å². The number of hydrogen-bond donors (Lipinski definition) is 1. The number of benzene rings is 2. The normalized spacial score (nSPS) is 15.1. The number of hydrazine groups is 1. The maximum Gasteiger partial charge on any atom is 0.285 e. The maximum atomic E-state index is 12.6. The van der Waals surface area contributed by atoms with E-state index < -0.39 is 5.91 Å². The molecule has 1 N–H and O–H groups in total. The summed E-state index contributed by atoms with van der Waals surface area (Å²) in [6.45, 7) is 4.03. The lowest BCUT2D eigenvalue weighted by Crippen LogP contribution is -2.44. The lowest BCUT2D eigenvalue weighted by atomic mass is 10.2. The summed E-state index contributed by atoms with van der Waals surface area (Å²) >= 11 is 6.37. The SMILES string of the molecule is C=CCOc1ccc(/C=C2/SC(=S)N(NC(=O)c3ccccc3)C2=O)cc1. The van der Waals surface area contributed by atoms with Crippen LogP contribution < -0.4 is 10.2 Å². The molecule has 1 saturated heterocycles. The number of hydrogen-bond acceptors (Lipinski definition) is 5. The van der Waals surface area contributed by atoms with Crippen LogP contribution in [0.3, 0.4) is 0 Å². The lowest BCUT2D eigenvalue weighted by Gasteiger charge is -2.15. The summed E-state index contributed by atoms with van der Waals surface area (Å²) in [5, 5.41) is 1.10. The fourth-order valence-corrected chi connectivity index (χ4v) is 3.47. The minimum atomic E-state index is -0.392. The van der Waals surface area contributed by atoms with Gasteiger partial charge in [0.05, 0.1) is 4.91 Å². The summed E-state index contributed by atoms with van der Waals surface area (Å²) < 4.78 is 5.71. The van der Waals surface area contributed by atoms with E-state index in [2.05, 4.69) is 12.0 Å². The number of carbonyl (C=O) groups excluding carboxylic acids is 2. The van der Waals surface area contributed by atoms with Gasteiger partial charge in [0.15, 0.2) is 4.32 Å². The molecule has 0 aliphatic carbocycles. The average Bonchev–Trinajstić information content (AvgIpc) is 2.95. The Hall–Kier alpha value is -2.90. The molecule has 1 fully saturated rings. The van der Waals surface area contributed by atoms with Crippen LogP contribution in [0.4, 0.5) is 0 Å². The van der Waals surface area contributed by atoms with Crippen LogP contribution in [-0.4, -0.2) is 27.8 Å². The molecule has 0 saturated carbocycles. The Balaban J connectivity index is 1.70. The number of rotatable bonds is 6. The van der Waals surface area contributed by atoms with Gasteiger partial charge in [-0.25, -0.2) is 0 Å². The van der Waals surface area contributed by atoms with Crippen LogP contribution in [0.25, 0.3) is 6.08 Å². The van der Waals surface area contributed by atoms with E-state index in [-0.39, 0.29) is 10.2 Å². The standard InChI is InChI=1S/C20H16N2O3S2/c1-2-12-25-16-10-8-14(9-11-16)13-17-19(24)22(20(26)27-17)21-18(23)15-6-4-3-5-7-15/h2-11,13H,1,12H2,(H,21,23)/b17-13+. The van der Waals surface area contributed by atoms with Crippen molar-refractivity contribution in [2.45, 2.75) is 0 Å². The second kappa shape index (κ2) is 8.66. The number of nitrogens with one attached hydrogen (secondary N) is 1. The number of thiocarbonyl (C=S) groups is 1. The van der Waals surface area contributed by atoms with Crippen molar-refractivity contribution >= 4 is 46.2 Å².